The van der Waals surface area contributed by atoms with Crippen LogP contribution < -0.4 is 4.90 Å². The molecule has 1 aromatic heterocycles. The van der Waals surface area contributed by atoms with Crippen LogP contribution >= 0.6 is 11.6 Å². The van der Waals surface area contributed by atoms with E-state index in [2.05, 4.69) is 21.7 Å². The van der Waals surface area contributed by atoms with Crippen molar-refractivity contribution in [2.24, 2.45) is 11.3 Å². The molecule has 3 nitrogen and oxygen atoms in total. The molecule has 2 aromatic rings. The van der Waals surface area contributed by atoms with Gasteiger partial charge in [-0.3, -0.25) is 0 Å². The van der Waals surface area contributed by atoms with Gasteiger partial charge < -0.3 is 4.90 Å². The van der Waals surface area contributed by atoms with Crippen LogP contribution in [0.5, 0.6) is 0 Å². The van der Waals surface area contributed by atoms with Gasteiger partial charge in [-0.05, 0) is 42.7 Å². The predicted octanol–water partition coefficient (Wildman–Crippen LogP) is 3.62. The minimum Gasteiger partial charge on any atom is -0.370 e. The van der Waals surface area contributed by atoms with Crippen LogP contribution in [0.1, 0.15) is 17.5 Å². The molecule has 1 aliphatic carbocycles. The molecule has 0 amide bonds. The number of rotatable bonds is 1. The van der Waals surface area contributed by atoms with Crippen LogP contribution in [0.15, 0.2) is 36.5 Å². The van der Waals surface area contributed by atoms with Crippen molar-refractivity contribution in [2.45, 2.75) is 6.42 Å². The third-order valence-corrected chi connectivity index (χ3v) is 4.91. The molecule has 4 rings (SSSR count). The molecule has 1 saturated carbocycles. The Morgan fingerprint density at radius 1 is 1.29 bits per heavy atom. The van der Waals surface area contributed by atoms with E-state index in [1.807, 2.05) is 12.1 Å². The molecule has 0 bridgehead atoms. The van der Waals surface area contributed by atoms with E-state index in [4.69, 9.17) is 16.9 Å². The second-order valence-electron chi connectivity index (χ2n) is 6.36. The lowest BCUT2D eigenvalue weighted by atomic mass is 10.1. The number of hydrogen-bond acceptors (Lipinski definition) is 3. The van der Waals surface area contributed by atoms with Crippen molar-refractivity contribution >= 4 is 17.3 Å². The summed E-state index contributed by atoms with van der Waals surface area (Å²) >= 11 is 5.88. The van der Waals surface area contributed by atoms with Gasteiger partial charge in [0.1, 0.15) is 11.0 Å². The molecule has 118 valence electrons. The minimum absolute atomic E-state index is 0.0329. The molecule has 0 spiro atoms. The maximum atomic E-state index is 13.7. The third kappa shape index (κ3) is 2.70. The highest BCUT2D eigenvalue weighted by atomic mass is 35.5. The fourth-order valence-corrected chi connectivity index (χ4v) is 3.55. The van der Waals surface area contributed by atoms with E-state index < -0.39 is 0 Å². The first kappa shape index (κ1) is 15.0. The fourth-order valence-electron chi connectivity index (χ4n) is 3.37. The van der Waals surface area contributed by atoms with Gasteiger partial charge in [0.2, 0.25) is 0 Å². The molecule has 1 aromatic carbocycles. The van der Waals surface area contributed by atoms with Crippen LogP contribution in [0.25, 0.3) is 0 Å². The maximum absolute atomic E-state index is 13.7. The molecule has 2 heterocycles. The zero-order valence-electron chi connectivity index (χ0n) is 12.8. The van der Waals surface area contributed by atoms with Gasteiger partial charge in [0, 0.05) is 30.5 Å². The molecule has 0 N–H and O–H groups in total. The lowest BCUT2D eigenvalue weighted by molar-refractivity contribution is 0.625. The third-order valence-electron chi connectivity index (χ3n) is 4.70. The molecule has 1 saturated heterocycles. The Labute approximate surface area is 144 Å². The number of fused-ring (bicyclic) bond motifs is 1. The number of pyridine rings is 1. The van der Waals surface area contributed by atoms with E-state index in [9.17, 15) is 4.39 Å². The number of aromatic nitrogens is 1. The van der Waals surface area contributed by atoms with Crippen LogP contribution in [-0.2, 0) is 0 Å². The molecule has 5 heteroatoms. The lowest BCUT2D eigenvalue weighted by Gasteiger charge is -2.21. The first-order valence-electron chi connectivity index (χ1n) is 7.68. The topological polar surface area (TPSA) is 39.9 Å². The van der Waals surface area contributed by atoms with Gasteiger partial charge in [0.25, 0.3) is 0 Å². The van der Waals surface area contributed by atoms with Crippen molar-refractivity contribution in [3.63, 3.8) is 0 Å². The van der Waals surface area contributed by atoms with Crippen molar-refractivity contribution in [3.8, 4) is 17.9 Å². The molecular formula is C19H13ClFN3. The van der Waals surface area contributed by atoms with Crippen LogP contribution in [0.2, 0.25) is 5.15 Å². The summed E-state index contributed by atoms with van der Waals surface area (Å²) in [7, 11) is 0. The number of anilines is 1. The molecular weight excluding hydrogens is 325 g/mol. The van der Waals surface area contributed by atoms with E-state index in [0.717, 1.165) is 30.8 Å². The molecule has 2 aliphatic rings. The second kappa shape index (κ2) is 5.51. The van der Waals surface area contributed by atoms with Crippen LogP contribution in [-0.4, -0.2) is 18.1 Å². The number of halogens is 2. The molecule has 0 radical (unpaired) electrons. The Kier molecular flexibility index (Phi) is 3.44. The number of nitrogens with zero attached hydrogens (tertiary/aromatic N) is 3. The first-order valence-corrected chi connectivity index (χ1v) is 8.06. The van der Waals surface area contributed by atoms with E-state index in [0.29, 0.717) is 16.6 Å². The quantitative estimate of drug-likeness (QED) is 0.589. The predicted molar refractivity (Wildman–Crippen MR) is 90.0 cm³/mol. The molecule has 2 unspecified atom stereocenters. The van der Waals surface area contributed by atoms with Crippen molar-refractivity contribution < 1.29 is 4.39 Å². The van der Waals surface area contributed by atoms with Crippen LogP contribution in [0, 0.1) is 40.3 Å². The highest BCUT2D eigenvalue weighted by Crippen LogP contribution is 2.58. The number of hydrogen-bond donors (Lipinski definition) is 0. The van der Waals surface area contributed by atoms with Gasteiger partial charge in [-0.25, -0.2) is 9.37 Å². The zero-order valence-corrected chi connectivity index (χ0v) is 13.5. The Balaban J connectivity index is 1.56. The van der Waals surface area contributed by atoms with Gasteiger partial charge in [-0.2, -0.15) is 5.26 Å². The summed E-state index contributed by atoms with van der Waals surface area (Å²) in [5, 5.41) is 9.43. The van der Waals surface area contributed by atoms with E-state index in [1.54, 1.807) is 18.3 Å². The highest BCUT2D eigenvalue weighted by Gasteiger charge is 2.59. The zero-order chi connectivity index (χ0) is 16.7. The van der Waals surface area contributed by atoms with Crippen LogP contribution in [0.4, 0.5) is 10.1 Å². The maximum Gasteiger partial charge on any atom is 0.130 e. The summed E-state index contributed by atoms with van der Waals surface area (Å²) in [4.78, 5) is 6.07. The molecule has 2 atom stereocenters. The Morgan fingerprint density at radius 3 is 2.96 bits per heavy atom. The SMILES string of the molecule is N#Cc1cc(F)cc(N2CC3CC3(C#Cc3ccnc(Cl)c3)C2)c1. The summed E-state index contributed by atoms with van der Waals surface area (Å²) in [5.41, 5.74) is 1.92. The lowest BCUT2D eigenvalue weighted by Crippen LogP contribution is -2.24. The van der Waals surface area contributed by atoms with Crippen molar-refractivity contribution in [3.05, 3.63) is 58.6 Å². The first-order chi connectivity index (χ1) is 11.6. The molecule has 2 fully saturated rings. The van der Waals surface area contributed by atoms with E-state index >= 15 is 0 Å². The second-order valence-corrected chi connectivity index (χ2v) is 6.75. The van der Waals surface area contributed by atoms with Crippen molar-refractivity contribution in [1.82, 2.24) is 4.98 Å². The smallest absolute Gasteiger partial charge is 0.130 e. The normalized spacial score (nSPS) is 23.9. The Morgan fingerprint density at radius 2 is 2.17 bits per heavy atom. The summed E-state index contributed by atoms with van der Waals surface area (Å²) < 4.78 is 13.7. The van der Waals surface area contributed by atoms with Gasteiger partial charge in [-0.15, -0.1) is 0 Å². The van der Waals surface area contributed by atoms with Crippen molar-refractivity contribution in [1.29, 1.82) is 5.26 Å². The molecule has 24 heavy (non-hydrogen) atoms. The van der Waals surface area contributed by atoms with Crippen LogP contribution in [0.3, 0.4) is 0 Å². The Bertz CT molecular complexity index is 924. The Hall–Kier alpha value is -2.56. The van der Waals surface area contributed by atoms with Crippen molar-refractivity contribution in [2.75, 3.05) is 18.0 Å². The average molecular weight is 338 g/mol. The summed E-state index contributed by atoms with van der Waals surface area (Å²) in [6.45, 7) is 1.61. The number of benzene rings is 1. The minimum atomic E-state index is -0.379. The standard InChI is InChI=1S/C19H13ClFN3/c20-18-7-13(2-4-23-18)1-3-19-9-15(19)11-24(12-19)17-6-14(10-22)5-16(21)8-17/h2,4-8,15H,9,11-12H2. The number of nitriles is 1. The van der Waals surface area contributed by atoms with Gasteiger partial charge in [0.05, 0.1) is 17.0 Å². The molecule has 1 aliphatic heterocycles. The van der Waals surface area contributed by atoms with Gasteiger partial charge in [0.15, 0.2) is 0 Å². The highest BCUT2D eigenvalue weighted by molar-refractivity contribution is 6.29. The summed E-state index contributed by atoms with van der Waals surface area (Å²) in [6, 6.07) is 10.1. The average Bonchev–Trinajstić information content (AvgIpc) is 3.13. The summed E-state index contributed by atoms with van der Waals surface area (Å²) in [5.74, 6) is 6.69. The summed E-state index contributed by atoms with van der Waals surface area (Å²) in [6.07, 6.45) is 2.71. The largest absolute Gasteiger partial charge is 0.370 e. The van der Waals surface area contributed by atoms with Gasteiger partial charge >= 0.3 is 0 Å². The van der Waals surface area contributed by atoms with Gasteiger partial charge in [-0.1, -0.05) is 23.4 Å². The van der Waals surface area contributed by atoms with E-state index in [1.165, 1.54) is 12.1 Å². The monoisotopic (exact) mass is 337 g/mol. The number of piperidine rings is 1. The van der Waals surface area contributed by atoms with E-state index in [-0.39, 0.29) is 11.2 Å². The fraction of sp³-hybridized carbons (Fsp3) is 0.263.